The summed E-state index contributed by atoms with van der Waals surface area (Å²) < 4.78 is 5.86. The molecule has 1 heterocycles. The molecule has 1 aromatic carbocycles. The Balaban J connectivity index is 2.60. The van der Waals surface area contributed by atoms with Crippen molar-refractivity contribution in [2.24, 2.45) is 5.92 Å². The molecule has 0 aromatic heterocycles. The Morgan fingerprint density at radius 2 is 1.78 bits per heavy atom. The normalized spacial score (nSPS) is 18.3. The number of anilines is 2. The molecule has 18 heavy (non-hydrogen) atoms. The number of carbonyl (C=O) groups is 1. The summed E-state index contributed by atoms with van der Waals surface area (Å²) in [6, 6.07) is 0. The zero-order valence-corrected chi connectivity index (χ0v) is 11.5. The lowest BCUT2D eigenvalue weighted by Gasteiger charge is -2.31. The molecule has 0 bridgehead atoms. The summed E-state index contributed by atoms with van der Waals surface area (Å²) in [5.74, 6) is 0.762. The Morgan fingerprint density at radius 1 is 1.17 bits per heavy atom. The van der Waals surface area contributed by atoms with Gasteiger partial charge in [0.15, 0.2) is 6.10 Å². The lowest BCUT2D eigenvalue weighted by molar-refractivity contribution is -0.125. The molecule has 3 N–H and O–H groups in total. The van der Waals surface area contributed by atoms with Crippen LogP contribution in [0.15, 0.2) is 0 Å². The minimum absolute atomic E-state index is 0.0795. The van der Waals surface area contributed by atoms with Crippen LogP contribution in [0.4, 0.5) is 11.4 Å². The summed E-state index contributed by atoms with van der Waals surface area (Å²) in [4.78, 5) is 12.0. The van der Waals surface area contributed by atoms with E-state index in [9.17, 15) is 4.79 Å². The summed E-state index contributed by atoms with van der Waals surface area (Å²) >= 11 is 0. The second-order valence-corrected chi connectivity index (χ2v) is 5.26. The first-order valence-corrected chi connectivity index (χ1v) is 6.21. The molecule has 0 aliphatic carbocycles. The van der Waals surface area contributed by atoms with Crippen molar-refractivity contribution >= 4 is 17.3 Å². The van der Waals surface area contributed by atoms with Crippen LogP contribution in [0, 0.1) is 26.7 Å². The average Bonchev–Trinajstić information content (AvgIpc) is 2.33. The molecule has 0 saturated heterocycles. The van der Waals surface area contributed by atoms with Gasteiger partial charge >= 0.3 is 0 Å². The molecule has 1 atom stereocenters. The predicted molar refractivity (Wildman–Crippen MR) is 72.9 cm³/mol. The number of fused-ring (bicyclic) bond motifs is 1. The molecule has 1 amide bonds. The van der Waals surface area contributed by atoms with Gasteiger partial charge in [0.25, 0.3) is 5.91 Å². The standard InChI is InChI=1S/C14H20N2O2/c1-6(2)12-14(17)16-11-8(4)7(3)10(15)9(5)13(11)18-12/h6,12H,15H2,1-5H3,(H,16,17). The molecule has 1 aromatic rings. The molecule has 1 aliphatic rings. The number of ether oxygens (including phenoxy) is 1. The molecule has 0 radical (unpaired) electrons. The van der Waals surface area contributed by atoms with E-state index < -0.39 is 6.10 Å². The highest BCUT2D eigenvalue weighted by Crippen LogP contribution is 2.42. The molecule has 0 spiro atoms. The fourth-order valence-corrected chi connectivity index (χ4v) is 2.26. The molecule has 1 unspecified atom stereocenters. The maximum atomic E-state index is 12.0. The van der Waals surface area contributed by atoms with E-state index in [2.05, 4.69) is 5.32 Å². The Morgan fingerprint density at radius 3 is 2.33 bits per heavy atom. The maximum Gasteiger partial charge on any atom is 0.265 e. The van der Waals surface area contributed by atoms with Gasteiger partial charge in [0.2, 0.25) is 0 Å². The second kappa shape index (κ2) is 4.19. The number of nitrogen functional groups attached to an aromatic ring is 1. The number of hydrogen-bond acceptors (Lipinski definition) is 3. The van der Waals surface area contributed by atoms with Crippen molar-refractivity contribution in [2.75, 3.05) is 11.1 Å². The van der Waals surface area contributed by atoms with Crippen molar-refractivity contribution in [1.29, 1.82) is 0 Å². The lowest BCUT2D eigenvalue weighted by atomic mass is 9.97. The molecule has 0 saturated carbocycles. The molecule has 4 nitrogen and oxygen atoms in total. The van der Waals surface area contributed by atoms with Crippen molar-refractivity contribution in [3.8, 4) is 5.75 Å². The second-order valence-electron chi connectivity index (χ2n) is 5.26. The zero-order chi connectivity index (χ0) is 13.6. The molecular weight excluding hydrogens is 228 g/mol. The SMILES string of the molecule is Cc1c(C)c2c(c(C)c1N)OC(C(C)C)C(=O)N2. The fraction of sp³-hybridized carbons (Fsp3) is 0.500. The van der Waals surface area contributed by atoms with E-state index in [-0.39, 0.29) is 11.8 Å². The number of rotatable bonds is 1. The van der Waals surface area contributed by atoms with Gasteiger partial charge < -0.3 is 15.8 Å². The monoisotopic (exact) mass is 248 g/mol. The van der Waals surface area contributed by atoms with Crippen molar-refractivity contribution in [3.63, 3.8) is 0 Å². The van der Waals surface area contributed by atoms with Crippen LogP contribution in [0.5, 0.6) is 5.75 Å². The number of hydrogen-bond donors (Lipinski definition) is 2. The first kappa shape index (κ1) is 12.7. The van der Waals surface area contributed by atoms with Crippen LogP contribution in [0.3, 0.4) is 0 Å². The average molecular weight is 248 g/mol. The molecule has 1 aliphatic heterocycles. The van der Waals surface area contributed by atoms with Gasteiger partial charge in [-0.2, -0.15) is 0 Å². The molecule has 98 valence electrons. The highest BCUT2D eigenvalue weighted by molar-refractivity contribution is 6.00. The molecule has 0 fully saturated rings. The number of benzene rings is 1. The highest BCUT2D eigenvalue weighted by atomic mass is 16.5. The fourth-order valence-electron chi connectivity index (χ4n) is 2.26. The van der Waals surface area contributed by atoms with Gasteiger partial charge in [-0.3, -0.25) is 4.79 Å². The van der Waals surface area contributed by atoms with Crippen LogP contribution in [-0.2, 0) is 4.79 Å². The van der Waals surface area contributed by atoms with Gasteiger partial charge in [0.05, 0.1) is 5.69 Å². The number of nitrogens with one attached hydrogen (secondary N) is 1. The van der Waals surface area contributed by atoms with Gasteiger partial charge in [-0.1, -0.05) is 13.8 Å². The molecular formula is C14H20N2O2. The van der Waals surface area contributed by atoms with E-state index >= 15 is 0 Å². The maximum absolute atomic E-state index is 12.0. The van der Waals surface area contributed by atoms with Gasteiger partial charge in [-0.15, -0.1) is 0 Å². The van der Waals surface area contributed by atoms with E-state index in [0.717, 1.165) is 28.1 Å². The third-order valence-corrected chi connectivity index (χ3v) is 3.67. The minimum Gasteiger partial charge on any atom is -0.478 e. The van der Waals surface area contributed by atoms with Crippen molar-refractivity contribution in [2.45, 2.75) is 40.7 Å². The Hall–Kier alpha value is -1.71. The smallest absolute Gasteiger partial charge is 0.265 e. The first-order chi connectivity index (χ1) is 8.34. The Labute approximate surface area is 108 Å². The predicted octanol–water partition coefficient (Wildman–Crippen LogP) is 2.55. The van der Waals surface area contributed by atoms with E-state index in [4.69, 9.17) is 10.5 Å². The van der Waals surface area contributed by atoms with Crippen LogP contribution < -0.4 is 15.8 Å². The molecule has 2 rings (SSSR count). The van der Waals surface area contributed by atoms with Crippen molar-refractivity contribution in [1.82, 2.24) is 0 Å². The van der Waals surface area contributed by atoms with Crippen LogP contribution in [0.2, 0.25) is 0 Å². The number of amides is 1. The third-order valence-electron chi connectivity index (χ3n) is 3.67. The van der Waals surface area contributed by atoms with E-state index in [1.807, 2.05) is 34.6 Å². The quantitative estimate of drug-likeness (QED) is 0.751. The number of nitrogens with two attached hydrogens (primary N) is 1. The summed E-state index contributed by atoms with van der Waals surface area (Å²) in [7, 11) is 0. The van der Waals surface area contributed by atoms with Crippen LogP contribution in [-0.4, -0.2) is 12.0 Å². The van der Waals surface area contributed by atoms with Gasteiger partial charge in [0, 0.05) is 11.3 Å². The van der Waals surface area contributed by atoms with Crippen LogP contribution >= 0.6 is 0 Å². The largest absolute Gasteiger partial charge is 0.478 e. The molecule has 4 heteroatoms. The zero-order valence-electron chi connectivity index (χ0n) is 11.5. The first-order valence-electron chi connectivity index (χ1n) is 6.21. The van der Waals surface area contributed by atoms with Gasteiger partial charge in [-0.05, 0) is 37.8 Å². The van der Waals surface area contributed by atoms with Crippen molar-refractivity contribution in [3.05, 3.63) is 16.7 Å². The Kier molecular flexibility index (Phi) is 2.97. The van der Waals surface area contributed by atoms with Crippen molar-refractivity contribution < 1.29 is 9.53 Å². The summed E-state index contributed by atoms with van der Waals surface area (Å²) in [6.07, 6.45) is -0.447. The van der Waals surface area contributed by atoms with Crippen LogP contribution in [0.1, 0.15) is 30.5 Å². The van der Waals surface area contributed by atoms with E-state index in [0.29, 0.717) is 5.75 Å². The Bertz CT molecular complexity index is 521. The summed E-state index contributed by atoms with van der Waals surface area (Å²) in [5.41, 5.74) is 10.5. The number of carbonyl (C=O) groups excluding carboxylic acids is 1. The highest BCUT2D eigenvalue weighted by Gasteiger charge is 2.33. The third kappa shape index (κ3) is 1.72. The van der Waals surface area contributed by atoms with Gasteiger partial charge in [0.1, 0.15) is 5.75 Å². The van der Waals surface area contributed by atoms with Gasteiger partial charge in [-0.25, -0.2) is 0 Å². The van der Waals surface area contributed by atoms with Crippen LogP contribution in [0.25, 0.3) is 0 Å². The summed E-state index contributed by atoms with van der Waals surface area (Å²) in [5, 5.41) is 2.95. The van der Waals surface area contributed by atoms with E-state index in [1.165, 1.54) is 0 Å². The minimum atomic E-state index is -0.447. The van der Waals surface area contributed by atoms with E-state index in [1.54, 1.807) is 0 Å². The lowest BCUT2D eigenvalue weighted by Crippen LogP contribution is -2.41. The topological polar surface area (TPSA) is 64.3 Å². The summed E-state index contributed by atoms with van der Waals surface area (Å²) in [6.45, 7) is 9.77.